The van der Waals surface area contributed by atoms with Crippen molar-refractivity contribution >= 4 is 33.0 Å². The molecule has 1 rings (SSSR count). The van der Waals surface area contributed by atoms with Crippen LogP contribution in [0.5, 0.6) is 0 Å². The van der Waals surface area contributed by atoms with Crippen molar-refractivity contribution in [2.75, 3.05) is 11.1 Å². The Kier molecular flexibility index (Phi) is 5.92. The molecular formula is C13H15ClF3NO5S. The summed E-state index contributed by atoms with van der Waals surface area (Å²) in [5.41, 5.74) is -3.95. The van der Waals surface area contributed by atoms with Crippen LogP contribution < -0.4 is 5.32 Å². The molecule has 0 aliphatic carbocycles. The van der Waals surface area contributed by atoms with Crippen molar-refractivity contribution in [3.05, 3.63) is 23.2 Å². The van der Waals surface area contributed by atoms with Crippen LogP contribution in [0.4, 0.5) is 18.9 Å². The number of hydrogen-bond donors (Lipinski definition) is 3. The molecule has 136 valence electrons. The summed E-state index contributed by atoms with van der Waals surface area (Å²) in [5.74, 6) is -2.34. The second kappa shape index (κ2) is 6.87. The van der Waals surface area contributed by atoms with Crippen molar-refractivity contribution in [1.82, 2.24) is 0 Å². The van der Waals surface area contributed by atoms with E-state index in [9.17, 15) is 31.5 Å². The summed E-state index contributed by atoms with van der Waals surface area (Å²) in [7, 11) is -3.86. The van der Waals surface area contributed by atoms with Crippen molar-refractivity contribution in [1.29, 1.82) is 0 Å². The lowest BCUT2D eigenvalue weighted by Crippen LogP contribution is -2.52. The highest BCUT2D eigenvalue weighted by Crippen LogP contribution is 2.32. The zero-order valence-corrected chi connectivity index (χ0v) is 14.1. The smallest absolute Gasteiger partial charge is 0.392 e. The van der Waals surface area contributed by atoms with Gasteiger partial charge in [-0.05, 0) is 32.0 Å². The van der Waals surface area contributed by atoms with Gasteiger partial charge >= 0.3 is 6.18 Å². The molecule has 0 radical (unpaired) electrons. The van der Waals surface area contributed by atoms with E-state index in [-0.39, 0.29) is 22.5 Å². The molecule has 1 aromatic rings. The fraction of sp³-hybridized carbons (Fsp3) is 0.462. The van der Waals surface area contributed by atoms with Crippen LogP contribution in [0.1, 0.15) is 13.8 Å². The van der Waals surface area contributed by atoms with E-state index < -0.39 is 39.4 Å². The average molecular weight is 390 g/mol. The highest BCUT2D eigenvalue weighted by molar-refractivity contribution is 7.91. The Morgan fingerprint density at radius 1 is 1.38 bits per heavy atom. The molecule has 0 aliphatic heterocycles. The molecule has 0 spiro atoms. The first-order valence-corrected chi connectivity index (χ1v) is 8.52. The minimum atomic E-state index is -5.20. The quantitative estimate of drug-likeness (QED) is 0.711. The van der Waals surface area contributed by atoms with E-state index in [1.54, 1.807) is 5.32 Å². The molecular weight excluding hydrogens is 375 g/mol. The summed E-state index contributed by atoms with van der Waals surface area (Å²) in [6.45, 7) is 1.55. The van der Waals surface area contributed by atoms with E-state index in [0.29, 0.717) is 0 Å². The molecule has 0 saturated carbocycles. The molecule has 0 heterocycles. The van der Waals surface area contributed by atoms with Gasteiger partial charge in [-0.3, -0.25) is 4.79 Å². The van der Waals surface area contributed by atoms with E-state index in [4.69, 9.17) is 16.7 Å². The monoisotopic (exact) mass is 389 g/mol. The zero-order chi connectivity index (χ0) is 18.9. The van der Waals surface area contributed by atoms with E-state index in [1.165, 1.54) is 6.92 Å². The SMILES string of the molecule is CC(O)CS(=O)(=O)c1ccc(NC(=O)C(C)(O)C(F)(F)F)c(Cl)c1. The first kappa shape index (κ1) is 20.7. The standard InChI is InChI=1S/C13H15ClF3NO5S/c1-7(19)6-24(22,23)8-3-4-10(9(14)5-8)18-11(20)12(2,21)13(15,16)17/h3-5,7,19,21H,6H2,1-2H3,(H,18,20). The summed E-state index contributed by atoms with van der Waals surface area (Å²) in [6.07, 6.45) is -6.33. The predicted octanol–water partition coefficient (Wildman–Crippen LogP) is 1.75. The number of nitrogens with one attached hydrogen (secondary N) is 1. The number of aliphatic hydroxyl groups is 2. The summed E-state index contributed by atoms with van der Waals surface area (Å²) in [6, 6.07) is 2.93. The Morgan fingerprint density at radius 2 is 1.92 bits per heavy atom. The molecule has 0 saturated heterocycles. The van der Waals surface area contributed by atoms with Crippen molar-refractivity contribution in [3.8, 4) is 0 Å². The highest BCUT2D eigenvalue weighted by Gasteiger charge is 2.55. The van der Waals surface area contributed by atoms with Gasteiger partial charge in [-0.1, -0.05) is 11.6 Å². The van der Waals surface area contributed by atoms with Crippen LogP contribution in [0, 0.1) is 0 Å². The van der Waals surface area contributed by atoms with E-state index in [0.717, 1.165) is 18.2 Å². The minimum absolute atomic E-state index is 0.269. The summed E-state index contributed by atoms with van der Waals surface area (Å²) >= 11 is 5.78. The van der Waals surface area contributed by atoms with Crippen LogP contribution in [0.2, 0.25) is 5.02 Å². The van der Waals surface area contributed by atoms with Gasteiger partial charge in [0.25, 0.3) is 5.91 Å². The van der Waals surface area contributed by atoms with Gasteiger partial charge < -0.3 is 15.5 Å². The molecule has 2 unspecified atom stereocenters. The number of sulfone groups is 1. The number of amides is 1. The summed E-state index contributed by atoms with van der Waals surface area (Å²) < 4.78 is 61.6. The van der Waals surface area contributed by atoms with Crippen molar-refractivity contribution in [2.24, 2.45) is 0 Å². The second-order valence-electron chi connectivity index (χ2n) is 5.30. The van der Waals surface area contributed by atoms with Gasteiger partial charge in [0.05, 0.1) is 27.5 Å². The Labute approximate surface area is 141 Å². The predicted molar refractivity (Wildman–Crippen MR) is 80.5 cm³/mol. The molecule has 6 nitrogen and oxygen atoms in total. The Morgan fingerprint density at radius 3 is 2.33 bits per heavy atom. The van der Waals surface area contributed by atoms with Crippen LogP contribution >= 0.6 is 11.6 Å². The Hall–Kier alpha value is -1.36. The largest absolute Gasteiger partial charge is 0.426 e. The van der Waals surface area contributed by atoms with E-state index >= 15 is 0 Å². The molecule has 1 aromatic carbocycles. The van der Waals surface area contributed by atoms with Crippen LogP contribution in [0.3, 0.4) is 0 Å². The zero-order valence-electron chi connectivity index (χ0n) is 12.6. The number of benzene rings is 1. The maximum atomic E-state index is 12.6. The van der Waals surface area contributed by atoms with Crippen molar-refractivity contribution in [2.45, 2.75) is 36.6 Å². The number of halogens is 4. The molecule has 0 fully saturated rings. The number of rotatable bonds is 5. The number of carbonyl (C=O) groups excluding carboxylic acids is 1. The fourth-order valence-electron chi connectivity index (χ4n) is 1.58. The van der Waals surface area contributed by atoms with E-state index in [2.05, 4.69) is 0 Å². The number of carbonyl (C=O) groups is 1. The first-order valence-electron chi connectivity index (χ1n) is 6.49. The fourth-order valence-corrected chi connectivity index (χ4v) is 3.27. The first-order chi connectivity index (χ1) is 10.7. The Balaban J connectivity index is 3.08. The van der Waals surface area contributed by atoms with Gasteiger partial charge in [-0.25, -0.2) is 8.42 Å². The molecule has 0 bridgehead atoms. The van der Waals surface area contributed by atoms with E-state index in [1.807, 2.05) is 0 Å². The van der Waals surface area contributed by atoms with Gasteiger partial charge in [0.1, 0.15) is 0 Å². The van der Waals surface area contributed by atoms with Gasteiger partial charge in [-0.2, -0.15) is 13.2 Å². The number of anilines is 1. The average Bonchev–Trinajstić information content (AvgIpc) is 2.37. The van der Waals surface area contributed by atoms with Crippen molar-refractivity contribution < 1.29 is 36.6 Å². The maximum absolute atomic E-state index is 12.6. The summed E-state index contributed by atoms with van der Waals surface area (Å²) in [5, 5.41) is 19.9. The normalized spacial score (nSPS) is 16.3. The molecule has 11 heteroatoms. The second-order valence-corrected chi connectivity index (χ2v) is 7.74. The van der Waals surface area contributed by atoms with Crippen LogP contribution in [-0.2, 0) is 14.6 Å². The Bertz CT molecular complexity index is 732. The van der Waals surface area contributed by atoms with Gasteiger partial charge in [0.2, 0.25) is 5.60 Å². The summed E-state index contributed by atoms with van der Waals surface area (Å²) in [4.78, 5) is 11.3. The highest BCUT2D eigenvalue weighted by atomic mass is 35.5. The molecule has 0 aromatic heterocycles. The number of alkyl halides is 3. The number of hydrogen-bond acceptors (Lipinski definition) is 5. The topological polar surface area (TPSA) is 104 Å². The lowest BCUT2D eigenvalue weighted by Gasteiger charge is -2.25. The molecule has 3 N–H and O–H groups in total. The van der Waals surface area contributed by atoms with Crippen LogP contribution in [-0.4, -0.2) is 48.2 Å². The number of aliphatic hydroxyl groups excluding tert-OH is 1. The van der Waals surface area contributed by atoms with Crippen molar-refractivity contribution in [3.63, 3.8) is 0 Å². The third-order valence-corrected chi connectivity index (χ3v) is 5.21. The van der Waals surface area contributed by atoms with Crippen LogP contribution in [0.25, 0.3) is 0 Å². The minimum Gasteiger partial charge on any atom is -0.392 e. The molecule has 0 aliphatic rings. The van der Waals surface area contributed by atoms with Gasteiger partial charge in [-0.15, -0.1) is 0 Å². The van der Waals surface area contributed by atoms with Crippen LogP contribution in [0.15, 0.2) is 23.1 Å². The molecule has 24 heavy (non-hydrogen) atoms. The molecule has 1 amide bonds. The third kappa shape index (κ3) is 4.59. The maximum Gasteiger partial charge on any atom is 0.426 e. The van der Waals surface area contributed by atoms with Gasteiger partial charge in [0.15, 0.2) is 9.84 Å². The third-order valence-electron chi connectivity index (χ3n) is 3.00. The van der Waals surface area contributed by atoms with Gasteiger partial charge in [0, 0.05) is 0 Å². The lowest BCUT2D eigenvalue weighted by atomic mass is 10.1. The lowest BCUT2D eigenvalue weighted by molar-refractivity contribution is -0.242. The molecule has 2 atom stereocenters.